The number of fused-ring (bicyclic) bond motifs is 1. The molecule has 1 spiro atoms. The third kappa shape index (κ3) is 4.21. The first-order valence-corrected chi connectivity index (χ1v) is 9.00. The molecule has 27 heavy (non-hydrogen) atoms. The van der Waals surface area contributed by atoms with Gasteiger partial charge in [0.1, 0.15) is 17.2 Å². The molecule has 2 aromatic rings. The summed E-state index contributed by atoms with van der Waals surface area (Å²) in [6, 6.07) is 14.7. The van der Waals surface area contributed by atoms with Crippen LogP contribution in [0.2, 0.25) is 0 Å². The number of rotatable bonds is 3. The first-order chi connectivity index (χ1) is 12.5. The summed E-state index contributed by atoms with van der Waals surface area (Å²) in [5.74, 6) is -0.255. The number of carboxylic acid groups (broad SMARTS) is 1. The average molecular weight is 361 g/mol. The van der Waals surface area contributed by atoms with Crippen LogP contribution in [-0.4, -0.2) is 36.1 Å². The Morgan fingerprint density at radius 3 is 2.48 bits per heavy atom. The van der Waals surface area contributed by atoms with Crippen molar-refractivity contribution in [2.45, 2.75) is 30.8 Å². The van der Waals surface area contributed by atoms with Crippen LogP contribution < -0.4 is 28.7 Å². The van der Waals surface area contributed by atoms with Crippen molar-refractivity contribution >= 4 is 5.97 Å². The van der Waals surface area contributed by atoms with E-state index in [1.165, 1.54) is 12.1 Å². The molecule has 1 fully saturated rings. The molecule has 2 aliphatic heterocycles. The standard InChI is InChI=1S/C21H22FNO3.Li/c22-16-7-5-15(6-8-16)18-13-21(26-19-4-2-1-3-17(18)19)9-11-23(12-10-21)14-20(24)25;/h1-8,18H,9-14H2,(H,24,25);/q;+1/p-1. The third-order valence-electron chi connectivity index (χ3n) is 5.59. The Hall–Kier alpha value is -1.80. The second kappa shape index (κ2) is 8.06. The topological polar surface area (TPSA) is 52.6 Å². The fourth-order valence-electron chi connectivity index (χ4n) is 4.22. The Morgan fingerprint density at radius 1 is 1.15 bits per heavy atom. The van der Waals surface area contributed by atoms with E-state index in [1.807, 2.05) is 35.2 Å². The summed E-state index contributed by atoms with van der Waals surface area (Å²) < 4.78 is 19.8. The van der Waals surface area contributed by atoms with Crippen LogP contribution >= 0.6 is 0 Å². The minimum Gasteiger partial charge on any atom is -0.549 e. The summed E-state index contributed by atoms with van der Waals surface area (Å²) >= 11 is 0. The van der Waals surface area contributed by atoms with E-state index in [1.54, 1.807) is 0 Å². The van der Waals surface area contributed by atoms with E-state index in [2.05, 4.69) is 6.07 Å². The molecule has 4 nitrogen and oxygen atoms in total. The number of carbonyl (C=O) groups excluding carboxylic acids is 1. The van der Waals surface area contributed by atoms with Crippen LogP contribution in [0.3, 0.4) is 0 Å². The van der Waals surface area contributed by atoms with Crippen molar-refractivity contribution in [3.63, 3.8) is 0 Å². The number of aliphatic carboxylic acids is 1. The molecule has 2 aliphatic rings. The molecule has 0 bridgehead atoms. The molecule has 1 unspecified atom stereocenters. The van der Waals surface area contributed by atoms with Gasteiger partial charge < -0.3 is 14.6 Å². The van der Waals surface area contributed by atoms with E-state index in [0.717, 1.165) is 36.1 Å². The van der Waals surface area contributed by atoms with Gasteiger partial charge in [-0.05, 0) is 43.0 Å². The maximum Gasteiger partial charge on any atom is 1.00 e. The van der Waals surface area contributed by atoms with Crippen molar-refractivity contribution in [1.29, 1.82) is 0 Å². The summed E-state index contributed by atoms with van der Waals surface area (Å²) in [5, 5.41) is 10.8. The third-order valence-corrected chi connectivity index (χ3v) is 5.59. The van der Waals surface area contributed by atoms with Crippen molar-refractivity contribution in [2.24, 2.45) is 0 Å². The van der Waals surface area contributed by atoms with Gasteiger partial charge in [-0.15, -0.1) is 0 Å². The van der Waals surface area contributed by atoms with Gasteiger partial charge in [0.05, 0.1) is 5.97 Å². The van der Waals surface area contributed by atoms with E-state index in [9.17, 15) is 14.3 Å². The largest absolute Gasteiger partial charge is 1.00 e. The molecule has 4 rings (SSSR count). The number of para-hydroxylation sites is 1. The molecule has 0 radical (unpaired) electrons. The number of piperidine rings is 1. The molecule has 2 heterocycles. The Bertz CT molecular complexity index is 803. The molecule has 1 atom stereocenters. The molecule has 0 aromatic heterocycles. The molecule has 0 N–H and O–H groups in total. The summed E-state index contributed by atoms with van der Waals surface area (Å²) in [6.45, 7) is 1.31. The van der Waals surface area contributed by atoms with Gasteiger partial charge in [-0.2, -0.15) is 0 Å². The SMILES string of the molecule is O=C([O-])CN1CCC2(CC1)CC(c1ccc(F)cc1)c1ccccc1O2.[Li+]. The van der Waals surface area contributed by atoms with Gasteiger partial charge in [0.25, 0.3) is 0 Å². The molecular weight excluding hydrogens is 340 g/mol. The first-order valence-electron chi connectivity index (χ1n) is 9.00. The van der Waals surface area contributed by atoms with Gasteiger partial charge in [0, 0.05) is 31.1 Å². The van der Waals surface area contributed by atoms with E-state index in [-0.39, 0.29) is 42.7 Å². The average Bonchev–Trinajstić information content (AvgIpc) is 2.64. The van der Waals surface area contributed by atoms with Crippen LogP contribution in [0.25, 0.3) is 0 Å². The van der Waals surface area contributed by atoms with E-state index >= 15 is 0 Å². The monoisotopic (exact) mass is 361 g/mol. The second-order valence-electron chi connectivity index (χ2n) is 7.28. The summed E-state index contributed by atoms with van der Waals surface area (Å²) in [4.78, 5) is 12.7. The second-order valence-corrected chi connectivity index (χ2v) is 7.28. The molecule has 0 amide bonds. The summed E-state index contributed by atoms with van der Waals surface area (Å²) in [6.07, 6.45) is 2.35. The van der Waals surface area contributed by atoms with Crippen LogP contribution in [0.1, 0.15) is 36.3 Å². The molecule has 0 aliphatic carbocycles. The quantitative estimate of drug-likeness (QED) is 0.681. The van der Waals surface area contributed by atoms with Gasteiger partial charge in [0.2, 0.25) is 0 Å². The Balaban J connectivity index is 0.00000210. The summed E-state index contributed by atoms with van der Waals surface area (Å²) in [5.41, 5.74) is 1.90. The number of hydrogen-bond acceptors (Lipinski definition) is 4. The fourth-order valence-corrected chi connectivity index (χ4v) is 4.22. The Labute approximate surface area is 170 Å². The van der Waals surface area contributed by atoms with E-state index in [4.69, 9.17) is 4.74 Å². The minimum atomic E-state index is -1.04. The number of likely N-dealkylation sites (tertiary alicyclic amines) is 1. The van der Waals surface area contributed by atoms with Crippen LogP contribution in [0.4, 0.5) is 4.39 Å². The van der Waals surface area contributed by atoms with Crippen LogP contribution in [0, 0.1) is 5.82 Å². The van der Waals surface area contributed by atoms with Crippen molar-refractivity contribution in [3.8, 4) is 5.75 Å². The molecular formula is C21H21FLiNO3. The Morgan fingerprint density at radius 2 is 1.81 bits per heavy atom. The smallest absolute Gasteiger partial charge is 0.549 e. The van der Waals surface area contributed by atoms with Crippen molar-refractivity contribution in [1.82, 2.24) is 4.90 Å². The molecule has 6 heteroatoms. The number of nitrogens with zero attached hydrogens (tertiary/aromatic N) is 1. The van der Waals surface area contributed by atoms with Gasteiger partial charge in [0.15, 0.2) is 0 Å². The van der Waals surface area contributed by atoms with Crippen LogP contribution in [-0.2, 0) is 4.79 Å². The van der Waals surface area contributed by atoms with Crippen molar-refractivity contribution < 1.29 is 37.9 Å². The van der Waals surface area contributed by atoms with Crippen LogP contribution in [0.15, 0.2) is 48.5 Å². The van der Waals surface area contributed by atoms with Crippen molar-refractivity contribution in [2.75, 3.05) is 19.6 Å². The number of carboxylic acids is 1. The zero-order valence-corrected chi connectivity index (χ0v) is 15.5. The van der Waals surface area contributed by atoms with Gasteiger partial charge in [-0.1, -0.05) is 30.3 Å². The first kappa shape index (κ1) is 19.9. The number of benzene rings is 2. The van der Waals surface area contributed by atoms with Crippen LogP contribution in [0.5, 0.6) is 5.75 Å². The van der Waals surface area contributed by atoms with Gasteiger partial charge in [-0.3, -0.25) is 4.90 Å². The van der Waals surface area contributed by atoms with Crippen molar-refractivity contribution in [3.05, 3.63) is 65.5 Å². The van der Waals surface area contributed by atoms with E-state index < -0.39 is 5.97 Å². The molecule has 2 aromatic carbocycles. The van der Waals surface area contributed by atoms with Gasteiger partial charge >= 0.3 is 18.9 Å². The zero-order valence-electron chi connectivity index (χ0n) is 15.5. The maximum atomic E-state index is 13.4. The summed E-state index contributed by atoms with van der Waals surface area (Å²) in [7, 11) is 0. The fraction of sp³-hybridized carbons (Fsp3) is 0.381. The number of carbonyl (C=O) groups is 1. The number of hydrogen-bond donors (Lipinski definition) is 0. The number of ether oxygens (including phenoxy) is 1. The predicted molar refractivity (Wildman–Crippen MR) is 93.3 cm³/mol. The number of halogens is 1. The maximum absolute atomic E-state index is 13.4. The van der Waals surface area contributed by atoms with E-state index in [0.29, 0.717) is 13.1 Å². The van der Waals surface area contributed by atoms with Gasteiger partial charge in [-0.25, -0.2) is 4.39 Å². The molecule has 0 saturated carbocycles. The Kier molecular flexibility index (Phi) is 5.95. The zero-order chi connectivity index (χ0) is 18.1. The normalized spacial score (nSPS) is 21.0. The molecule has 136 valence electrons. The molecule has 1 saturated heterocycles. The minimum absolute atomic E-state index is 0. The predicted octanol–water partition coefficient (Wildman–Crippen LogP) is -0.671.